The zero-order valence-electron chi connectivity index (χ0n) is 13.4. The van der Waals surface area contributed by atoms with Crippen molar-refractivity contribution in [2.24, 2.45) is 0 Å². The fraction of sp³-hybridized carbons (Fsp3) is 0.211. The molecule has 0 atom stereocenters. The second-order valence-electron chi connectivity index (χ2n) is 5.55. The van der Waals surface area contributed by atoms with Gasteiger partial charge in [-0.05, 0) is 43.3 Å². The topological polar surface area (TPSA) is 57.7 Å². The van der Waals surface area contributed by atoms with E-state index in [9.17, 15) is 14.4 Å². The van der Waals surface area contributed by atoms with Gasteiger partial charge in [0.1, 0.15) is 0 Å². The van der Waals surface area contributed by atoms with Crippen LogP contribution in [0.3, 0.4) is 0 Å². The zero-order valence-corrected chi connectivity index (χ0v) is 13.4. The maximum atomic E-state index is 12.7. The maximum Gasteiger partial charge on any atom is 0.258 e. The number of nitrogens with zero attached hydrogens (tertiary/aromatic N) is 2. The Labute approximate surface area is 140 Å². The highest BCUT2D eigenvalue weighted by Crippen LogP contribution is 2.24. The Morgan fingerprint density at radius 3 is 2.08 bits per heavy atom. The third-order valence-corrected chi connectivity index (χ3v) is 4.05. The van der Waals surface area contributed by atoms with Crippen molar-refractivity contribution in [3.63, 3.8) is 0 Å². The number of carbonyl (C=O) groups is 3. The predicted molar refractivity (Wildman–Crippen MR) is 92.0 cm³/mol. The normalized spacial score (nSPS) is 14.1. The van der Waals surface area contributed by atoms with Crippen LogP contribution in [-0.2, 0) is 9.59 Å². The monoisotopic (exact) mass is 322 g/mol. The van der Waals surface area contributed by atoms with Gasteiger partial charge >= 0.3 is 0 Å². The van der Waals surface area contributed by atoms with Gasteiger partial charge in [0.25, 0.3) is 5.91 Å². The summed E-state index contributed by atoms with van der Waals surface area (Å²) < 4.78 is 0. The van der Waals surface area contributed by atoms with Crippen LogP contribution in [0, 0.1) is 0 Å². The largest absolute Gasteiger partial charge is 0.309 e. The molecule has 0 aliphatic carbocycles. The van der Waals surface area contributed by atoms with Crippen LogP contribution in [0.2, 0.25) is 0 Å². The van der Waals surface area contributed by atoms with Crippen molar-refractivity contribution in [1.82, 2.24) is 0 Å². The molecule has 5 heteroatoms. The van der Waals surface area contributed by atoms with Gasteiger partial charge in [-0.1, -0.05) is 18.2 Å². The smallest absolute Gasteiger partial charge is 0.258 e. The Bertz CT molecular complexity index is 753. The Balaban J connectivity index is 1.83. The summed E-state index contributed by atoms with van der Waals surface area (Å²) in [6, 6.07) is 16.1. The molecular weight excluding hydrogens is 304 g/mol. The van der Waals surface area contributed by atoms with Crippen LogP contribution in [0.4, 0.5) is 11.4 Å². The van der Waals surface area contributed by atoms with Crippen molar-refractivity contribution in [3.05, 3.63) is 60.2 Å². The van der Waals surface area contributed by atoms with E-state index in [1.165, 1.54) is 4.90 Å². The highest BCUT2D eigenvalue weighted by molar-refractivity contribution is 6.20. The number of para-hydroxylation sites is 1. The van der Waals surface area contributed by atoms with Gasteiger partial charge in [-0.15, -0.1) is 0 Å². The van der Waals surface area contributed by atoms with Crippen LogP contribution in [-0.4, -0.2) is 24.3 Å². The molecule has 1 aliphatic heterocycles. The number of anilines is 2. The quantitative estimate of drug-likeness (QED) is 0.813. The van der Waals surface area contributed by atoms with Crippen molar-refractivity contribution in [3.8, 4) is 0 Å². The minimum absolute atomic E-state index is 0.116. The van der Waals surface area contributed by atoms with E-state index < -0.39 is 0 Å². The molecule has 0 saturated carbocycles. The number of imide groups is 1. The first-order valence-corrected chi connectivity index (χ1v) is 7.94. The summed E-state index contributed by atoms with van der Waals surface area (Å²) >= 11 is 0. The molecule has 0 spiro atoms. The predicted octanol–water partition coefficient (Wildman–Crippen LogP) is 3.01. The molecule has 1 saturated heterocycles. The molecule has 0 N–H and O–H groups in total. The molecule has 1 fully saturated rings. The molecule has 3 amide bonds. The lowest BCUT2D eigenvalue weighted by Crippen LogP contribution is -2.31. The fourth-order valence-electron chi connectivity index (χ4n) is 2.82. The minimum Gasteiger partial charge on any atom is -0.309 e. The van der Waals surface area contributed by atoms with E-state index in [4.69, 9.17) is 0 Å². The molecule has 0 bridgehead atoms. The molecule has 24 heavy (non-hydrogen) atoms. The maximum absolute atomic E-state index is 12.7. The molecule has 3 rings (SSSR count). The lowest BCUT2D eigenvalue weighted by atomic mass is 10.1. The molecular formula is C19H18N2O3. The van der Waals surface area contributed by atoms with Crippen molar-refractivity contribution >= 4 is 29.1 Å². The van der Waals surface area contributed by atoms with Gasteiger partial charge in [-0.3, -0.25) is 19.3 Å². The number of hydrogen-bond acceptors (Lipinski definition) is 3. The number of carbonyl (C=O) groups excluding carboxylic acids is 3. The molecule has 122 valence electrons. The molecule has 0 radical (unpaired) electrons. The summed E-state index contributed by atoms with van der Waals surface area (Å²) in [7, 11) is 0. The van der Waals surface area contributed by atoms with Crippen LogP contribution >= 0.6 is 0 Å². The van der Waals surface area contributed by atoms with Crippen molar-refractivity contribution < 1.29 is 14.4 Å². The summed E-state index contributed by atoms with van der Waals surface area (Å²) in [6.07, 6.45) is 0.494. The lowest BCUT2D eigenvalue weighted by Gasteiger charge is -2.21. The first-order chi connectivity index (χ1) is 11.6. The van der Waals surface area contributed by atoms with Crippen molar-refractivity contribution in [1.29, 1.82) is 0 Å². The Morgan fingerprint density at radius 1 is 0.958 bits per heavy atom. The number of amides is 3. The molecule has 2 aromatic rings. The molecule has 1 heterocycles. The summed E-state index contributed by atoms with van der Waals surface area (Å²) in [4.78, 5) is 39.1. The van der Waals surface area contributed by atoms with E-state index in [0.29, 0.717) is 17.8 Å². The van der Waals surface area contributed by atoms with E-state index >= 15 is 0 Å². The lowest BCUT2D eigenvalue weighted by molar-refractivity contribution is -0.121. The average Bonchev–Trinajstić information content (AvgIpc) is 2.95. The standard InChI is InChI=1S/C19H18N2O3/c1-2-20(15-6-4-3-5-7-15)19(24)14-8-10-16(11-9-14)21-17(22)12-13-18(21)23/h3-11H,2,12-13H2,1H3. The van der Waals surface area contributed by atoms with Crippen LogP contribution in [0.1, 0.15) is 30.1 Å². The Kier molecular flexibility index (Phi) is 4.42. The highest BCUT2D eigenvalue weighted by Gasteiger charge is 2.30. The molecule has 2 aromatic carbocycles. The second kappa shape index (κ2) is 6.66. The second-order valence-corrected chi connectivity index (χ2v) is 5.55. The van der Waals surface area contributed by atoms with E-state index in [2.05, 4.69) is 0 Å². The summed E-state index contributed by atoms with van der Waals surface area (Å²) in [5.74, 6) is -0.508. The van der Waals surface area contributed by atoms with Gasteiger partial charge in [0.05, 0.1) is 5.69 Å². The van der Waals surface area contributed by atoms with E-state index in [0.717, 1.165) is 5.69 Å². The van der Waals surface area contributed by atoms with Crippen molar-refractivity contribution in [2.75, 3.05) is 16.3 Å². The van der Waals surface area contributed by atoms with E-state index in [-0.39, 0.29) is 30.6 Å². The average molecular weight is 322 g/mol. The number of benzene rings is 2. The molecule has 1 aliphatic rings. The number of rotatable bonds is 4. The third kappa shape index (κ3) is 2.93. The molecule has 0 unspecified atom stereocenters. The van der Waals surface area contributed by atoms with Gasteiger partial charge in [-0.2, -0.15) is 0 Å². The van der Waals surface area contributed by atoms with Gasteiger partial charge in [0.2, 0.25) is 11.8 Å². The van der Waals surface area contributed by atoms with Crippen LogP contribution < -0.4 is 9.80 Å². The highest BCUT2D eigenvalue weighted by atomic mass is 16.2. The van der Waals surface area contributed by atoms with Gasteiger partial charge in [0.15, 0.2) is 0 Å². The first-order valence-electron chi connectivity index (χ1n) is 7.94. The van der Waals surface area contributed by atoms with Crippen LogP contribution in [0.5, 0.6) is 0 Å². The van der Waals surface area contributed by atoms with Crippen LogP contribution in [0.15, 0.2) is 54.6 Å². The Morgan fingerprint density at radius 2 is 1.54 bits per heavy atom. The summed E-state index contributed by atoms with van der Waals surface area (Å²) in [5, 5.41) is 0. The molecule has 0 aromatic heterocycles. The minimum atomic E-state index is -0.196. The van der Waals surface area contributed by atoms with Gasteiger partial charge < -0.3 is 4.90 Å². The summed E-state index contributed by atoms with van der Waals surface area (Å²) in [5.41, 5.74) is 1.87. The van der Waals surface area contributed by atoms with Crippen LogP contribution in [0.25, 0.3) is 0 Å². The van der Waals surface area contributed by atoms with Gasteiger partial charge in [-0.25, -0.2) is 0 Å². The fourth-order valence-corrected chi connectivity index (χ4v) is 2.82. The third-order valence-electron chi connectivity index (χ3n) is 4.05. The van der Waals surface area contributed by atoms with E-state index in [1.54, 1.807) is 29.2 Å². The van der Waals surface area contributed by atoms with Crippen molar-refractivity contribution in [2.45, 2.75) is 19.8 Å². The Hall–Kier alpha value is -2.95. The van der Waals surface area contributed by atoms with Gasteiger partial charge in [0, 0.05) is 30.6 Å². The summed E-state index contributed by atoms with van der Waals surface area (Å²) in [6.45, 7) is 2.47. The molecule has 5 nitrogen and oxygen atoms in total. The van der Waals surface area contributed by atoms with E-state index in [1.807, 2.05) is 37.3 Å². The zero-order chi connectivity index (χ0) is 17.1. The number of hydrogen-bond donors (Lipinski definition) is 0. The SMILES string of the molecule is CCN(C(=O)c1ccc(N2C(=O)CCC2=O)cc1)c1ccccc1. The first kappa shape index (κ1) is 15.9.